The maximum Gasteiger partial charge on any atom is 0.230 e. The summed E-state index contributed by atoms with van der Waals surface area (Å²) in [6.07, 6.45) is 0. The van der Waals surface area contributed by atoms with Gasteiger partial charge in [0.05, 0.1) is 5.69 Å². The lowest BCUT2D eigenvalue weighted by atomic mass is 9.85. The number of rotatable bonds is 1. The van der Waals surface area contributed by atoms with Crippen molar-refractivity contribution >= 4 is 17.5 Å². The number of anilines is 1. The first-order chi connectivity index (χ1) is 7.75. The summed E-state index contributed by atoms with van der Waals surface area (Å²) in [6, 6.07) is 7.52. The average Bonchev–Trinajstić information content (AvgIpc) is 2.15. The van der Waals surface area contributed by atoms with Gasteiger partial charge in [0.15, 0.2) is 0 Å². The Morgan fingerprint density at radius 1 is 1.00 bits per heavy atom. The van der Waals surface area contributed by atoms with Gasteiger partial charge in [-0.25, -0.2) is 0 Å². The minimum Gasteiger partial charge on any atom is -0.274 e. The van der Waals surface area contributed by atoms with E-state index in [1.54, 1.807) is 0 Å². The van der Waals surface area contributed by atoms with Crippen molar-refractivity contribution in [3.05, 3.63) is 29.8 Å². The molecule has 0 fully saturated rings. The molecule has 0 saturated heterocycles. The molecule has 0 aromatic heterocycles. The molecule has 17 heavy (non-hydrogen) atoms. The molecule has 0 aliphatic heterocycles. The van der Waals surface area contributed by atoms with E-state index in [1.165, 1.54) is 18.7 Å². The first-order valence-electron chi connectivity index (χ1n) is 5.66. The second-order valence-corrected chi connectivity index (χ2v) is 5.14. The number of hydrogen-bond acceptors (Lipinski definition) is 2. The predicted octanol–water partition coefficient (Wildman–Crippen LogP) is 2.88. The van der Waals surface area contributed by atoms with Gasteiger partial charge in [0.25, 0.3) is 0 Å². The molecule has 0 unspecified atom stereocenters. The van der Waals surface area contributed by atoms with Gasteiger partial charge in [0.2, 0.25) is 11.8 Å². The Labute approximate surface area is 102 Å². The third-order valence-corrected chi connectivity index (χ3v) is 2.58. The highest BCUT2D eigenvalue weighted by Crippen LogP contribution is 2.31. The van der Waals surface area contributed by atoms with Crippen LogP contribution in [0.1, 0.15) is 40.2 Å². The molecule has 2 amide bonds. The zero-order valence-electron chi connectivity index (χ0n) is 11.1. The molecule has 0 aliphatic carbocycles. The fourth-order valence-electron chi connectivity index (χ4n) is 1.86. The van der Waals surface area contributed by atoms with Crippen molar-refractivity contribution in [2.45, 2.75) is 40.0 Å². The van der Waals surface area contributed by atoms with Gasteiger partial charge < -0.3 is 0 Å². The van der Waals surface area contributed by atoms with E-state index in [2.05, 4.69) is 20.8 Å². The van der Waals surface area contributed by atoms with Crippen molar-refractivity contribution in [1.82, 2.24) is 0 Å². The van der Waals surface area contributed by atoms with Crippen LogP contribution in [-0.2, 0) is 15.0 Å². The van der Waals surface area contributed by atoms with Gasteiger partial charge >= 0.3 is 0 Å². The predicted molar refractivity (Wildman–Crippen MR) is 69.0 cm³/mol. The van der Waals surface area contributed by atoms with Crippen LogP contribution in [0, 0.1) is 0 Å². The lowest BCUT2D eigenvalue weighted by molar-refractivity contribution is -0.124. The Kier molecular flexibility index (Phi) is 3.71. The van der Waals surface area contributed by atoms with Crippen LogP contribution >= 0.6 is 0 Å². The van der Waals surface area contributed by atoms with Gasteiger partial charge in [-0.1, -0.05) is 39.0 Å². The number of para-hydroxylation sites is 1. The highest BCUT2D eigenvalue weighted by molar-refractivity contribution is 6.13. The quantitative estimate of drug-likeness (QED) is 0.748. The highest BCUT2D eigenvalue weighted by Gasteiger charge is 2.24. The molecule has 3 heteroatoms. The molecule has 0 N–H and O–H groups in total. The summed E-state index contributed by atoms with van der Waals surface area (Å²) in [4.78, 5) is 24.4. The van der Waals surface area contributed by atoms with Gasteiger partial charge in [-0.2, -0.15) is 0 Å². The lowest BCUT2D eigenvalue weighted by Crippen LogP contribution is -2.35. The summed E-state index contributed by atoms with van der Waals surface area (Å²) in [7, 11) is 0. The summed E-state index contributed by atoms with van der Waals surface area (Å²) in [5, 5.41) is 0. The van der Waals surface area contributed by atoms with Gasteiger partial charge in [-0.05, 0) is 17.0 Å². The fourth-order valence-corrected chi connectivity index (χ4v) is 1.86. The minimum absolute atomic E-state index is 0.111. The van der Waals surface area contributed by atoms with E-state index in [0.717, 1.165) is 5.56 Å². The van der Waals surface area contributed by atoms with Gasteiger partial charge in [-0.3, -0.25) is 14.5 Å². The van der Waals surface area contributed by atoms with E-state index >= 15 is 0 Å². The molecule has 0 saturated carbocycles. The maximum atomic E-state index is 11.6. The van der Waals surface area contributed by atoms with Crippen LogP contribution < -0.4 is 4.90 Å². The number of hydrogen-bond donors (Lipinski definition) is 0. The summed E-state index contributed by atoms with van der Waals surface area (Å²) in [5.41, 5.74) is 1.56. The Morgan fingerprint density at radius 3 is 1.88 bits per heavy atom. The Bertz CT molecular complexity index is 430. The SMILES string of the molecule is CC(=O)N(C(C)=O)c1ccccc1C(C)(C)C. The second-order valence-electron chi connectivity index (χ2n) is 5.14. The van der Waals surface area contributed by atoms with Crippen molar-refractivity contribution in [1.29, 1.82) is 0 Å². The van der Waals surface area contributed by atoms with E-state index < -0.39 is 0 Å². The Balaban J connectivity index is 3.39. The fraction of sp³-hybridized carbons (Fsp3) is 0.429. The number of imide groups is 1. The van der Waals surface area contributed by atoms with E-state index in [4.69, 9.17) is 0 Å². The third kappa shape index (κ3) is 2.93. The maximum absolute atomic E-state index is 11.6. The van der Waals surface area contributed by atoms with Crippen LogP contribution in [0.2, 0.25) is 0 Å². The van der Waals surface area contributed by atoms with Crippen molar-refractivity contribution in [3.8, 4) is 0 Å². The third-order valence-electron chi connectivity index (χ3n) is 2.58. The van der Waals surface area contributed by atoms with Gasteiger partial charge in [0, 0.05) is 13.8 Å². The number of carbonyl (C=O) groups excluding carboxylic acids is 2. The molecular weight excluding hydrogens is 214 g/mol. The van der Waals surface area contributed by atoms with Crippen molar-refractivity contribution in [2.75, 3.05) is 4.90 Å². The van der Waals surface area contributed by atoms with Gasteiger partial charge in [-0.15, -0.1) is 0 Å². The van der Waals surface area contributed by atoms with Crippen LogP contribution in [0.3, 0.4) is 0 Å². The van der Waals surface area contributed by atoms with Crippen molar-refractivity contribution in [2.24, 2.45) is 0 Å². The monoisotopic (exact) mass is 233 g/mol. The number of carbonyl (C=O) groups is 2. The minimum atomic E-state index is -0.255. The molecule has 0 aliphatic rings. The molecule has 3 nitrogen and oxygen atoms in total. The molecular formula is C14H19NO2. The van der Waals surface area contributed by atoms with Gasteiger partial charge in [0.1, 0.15) is 0 Å². The Morgan fingerprint density at radius 2 is 1.47 bits per heavy atom. The summed E-state index contributed by atoms with van der Waals surface area (Å²) in [5.74, 6) is -0.511. The molecule has 0 heterocycles. The molecule has 92 valence electrons. The standard InChI is InChI=1S/C14H19NO2/c1-10(16)15(11(2)17)13-9-7-6-8-12(13)14(3,4)5/h6-9H,1-5H3. The van der Waals surface area contributed by atoms with E-state index in [9.17, 15) is 9.59 Å². The molecule has 0 bridgehead atoms. The van der Waals surface area contributed by atoms with E-state index in [0.29, 0.717) is 5.69 Å². The second kappa shape index (κ2) is 4.70. The number of amides is 2. The van der Waals surface area contributed by atoms with E-state index in [-0.39, 0.29) is 17.2 Å². The van der Waals surface area contributed by atoms with Crippen LogP contribution in [0.5, 0.6) is 0 Å². The van der Waals surface area contributed by atoms with Crippen molar-refractivity contribution in [3.63, 3.8) is 0 Å². The summed E-state index contributed by atoms with van der Waals surface area (Å²) >= 11 is 0. The van der Waals surface area contributed by atoms with Crippen LogP contribution in [-0.4, -0.2) is 11.8 Å². The molecule has 1 aromatic rings. The molecule has 1 aromatic carbocycles. The van der Waals surface area contributed by atoms with Crippen LogP contribution in [0.4, 0.5) is 5.69 Å². The highest BCUT2D eigenvalue weighted by atomic mass is 16.2. The molecule has 0 spiro atoms. The topological polar surface area (TPSA) is 37.4 Å². The van der Waals surface area contributed by atoms with Crippen LogP contribution in [0.15, 0.2) is 24.3 Å². The van der Waals surface area contributed by atoms with Crippen molar-refractivity contribution < 1.29 is 9.59 Å². The zero-order valence-corrected chi connectivity index (χ0v) is 11.1. The first kappa shape index (κ1) is 13.4. The average molecular weight is 233 g/mol. The summed E-state index contributed by atoms with van der Waals surface area (Å²) in [6.45, 7) is 8.99. The molecule has 0 radical (unpaired) electrons. The normalized spacial score (nSPS) is 11.1. The smallest absolute Gasteiger partial charge is 0.230 e. The molecule has 1 rings (SSSR count). The van der Waals surface area contributed by atoms with E-state index in [1.807, 2.05) is 24.3 Å². The zero-order chi connectivity index (χ0) is 13.2. The largest absolute Gasteiger partial charge is 0.274 e. The first-order valence-corrected chi connectivity index (χ1v) is 5.66. The Hall–Kier alpha value is -1.64. The van der Waals surface area contributed by atoms with Crippen LogP contribution in [0.25, 0.3) is 0 Å². The lowest BCUT2D eigenvalue weighted by Gasteiger charge is -2.27. The molecule has 0 atom stereocenters. The number of benzene rings is 1. The summed E-state index contributed by atoms with van der Waals surface area (Å²) < 4.78 is 0. The number of nitrogens with zero attached hydrogens (tertiary/aromatic N) is 1.